The summed E-state index contributed by atoms with van der Waals surface area (Å²) in [5.41, 5.74) is 7.06. The highest BCUT2D eigenvalue weighted by atomic mass is 79.9. The molecule has 0 saturated heterocycles. The molecule has 4 rings (SSSR count). The van der Waals surface area contributed by atoms with Gasteiger partial charge in [0.1, 0.15) is 5.60 Å². The Kier molecular flexibility index (Phi) is 10.7. The Morgan fingerprint density at radius 1 is 1.04 bits per heavy atom. The van der Waals surface area contributed by atoms with E-state index in [0.717, 1.165) is 14.9 Å². The summed E-state index contributed by atoms with van der Waals surface area (Å²) in [6, 6.07) is 12.1. The molecule has 1 atom stereocenters. The lowest BCUT2D eigenvalue weighted by atomic mass is 9.81. The van der Waals surface area contributed by atoms with Crippen LogP contribution in [0, 0.1) is 11.8 Å². The number of benzene rings is 2. The number of rotatable bonds is 8. The third-order valence-electron chi connectivity index (χ3n) is 7.39. The third-order valence-corrected chi connectivity index (χ3v) is 7.92. The number of alkyl carbamates (subject to hydrolysis) is 1. The van der Waals surface area contributed by atoms with Crippen LogP contribution in [0.3, 0.4) is 0 Å². The van der Waals surface area contributed by atoms with Gasteiger partial charge in [-0.25, -0.2) is 14.7 Å². The van der Waals surface area contributed by atoms with E-state index < -0.39 is 47.5 Å². The van der Waals surface area contributed by atoms with Crippen LogP contribution in [-0.2, 0) is 26.9 Å². The van der Waals surface area contributed by atoms with Gasteiger partial charge in [0.05, 0.1) is 11.7 Å². The number of hydrogen-bond acceptors (Lipinski definition) is 7. The van der Waals surface area contributed by atoms with Gasteiger partial charge in [0.15, 0.2) is 5.82 Å². The van der Waals surface area contributed by atoms with Crippen molar-refractivity contribution in [3.8, 4) is 11.4 Å². The molecule has 1 fully saturated rings. The summed E-state index contributed by atoms with van der Waals surface area (Å²) in [4.78, 5) is 44.4. The van der Waals surface area contributed by atoms with Crippen LogP contribution >= 0.6 is 15.9 Å². The molecule has 3 amide bonds. The van der Waals surface area contributed by atoms with E-state index in [1.807, 2.05) is 29.4 Å². The number of carbonyl (C=O) groups excluding carboxylic acids is 3. The average molecular weight is 694 g/mol. The number of amides is 3. The van der Waals surface area contributed by atoms with Crippen LogP contribution in [-0.4, -0.2) is 51.3 Å². The molecule has 45 heavy (non-hydrogen) atoms. The second kappa shape index (κ2) is 14.1. The van der Waals surface area contributed by atoms with Crippen molar-refractivity contribution in [3.05, 3.63) is 64.4 Å². The number of nitrogens with zero attached hydrogens (tertiary/aromatic N) is 3. The highest BCUT2D eigenvalue weighted by molar-refractivity contribution is 9.10. The lowest BCUT2D eigenvalue weighted by molar-refractivity contribution is -0.144. The number of hydrogen-bond donors (Lipinski definition) is 3. The Morgan fingerprint density at radius 3 is 2.22 bits per heavy atom. The summed E-state index contributed by atoms with van der Waals surface area (Å²) in [5.74, 6) is -2.73. The lowest BCUT2D eigenvalue weighted by Gasteiger charge is -2.32. The number of H-pyrrole nitrogens is 1. The van der Waals surface area contributed by atoms with Gasteiger partial charge in [-0.3, -0.25) is 14.7 Å². The largest absolute Gasteiger partial charge is 0.451 e. The molecule has 3 aromatic rings. The molecule has 10 nitrogen and oxygen atoms in total. The number of anilines is 1. The predicted molar refractivity (Wildman–Crippen MR) is 165 cm³/mol. The van der Waals surface area contributed by atoms with E-state index in [2.05, 4.69) is 31.3 Å². The van der Waals surface area contributed by atoms with Crippen molar-refractivity contribution in [3.63, 3.8) is 0 Å². The van der Waals surface area contributed by atoms with Gasteiger partial charge in [-0.2, -0.15) is 18.3 Å². The molecule has 0 unspecified atom stereocenters. The lowest BCUT2D eigenvalue weighted by Crippen LogP contribution is -2.50. The van der Waals surface area contributed by atoms with Crippen molar-refractivity contribution in [2.24, 2.45) is 17.6 Å². The summed E-state index contributed by atoms with van der Waals surface area (Å²) in [5, 5.41) is 8.30. The molecule has 1 heterocycles. The van der Waals surface area contributed by atoms with Gasteiger partial charge in [-0.15, -0.1) is 0 Å². The number of halogens is 4. The van der Waals surface area contributed by atoms with Crippen LogP contribution in [0.5, 0.6) is 0 Å². The van der Waals surface area contributed by atoms with E-state index >= 15 is 0 Å². The van der Waals surface area contributed by atoms with Gasteiger partial charge in [0.25, 0.3) is 5.91 Å². The standard InChI is InChI=1S/C31H36BrF3N6O4/c1-30(2,3)45-29(44)37-17-19-4-8-21(9-5-19)26(42)41(27(43)24(36)16-18-6-12-22(32)13-7-18)23-14-10-20(11-15-23)25-38-28(40-39-25)31(33,34)35/h6-7,10-15,19,21,24H,4-5,8-9,16-17,36H2,1-3H3,(H,37,44)(H,38,39,40)/t19?,21?,24-/m0/s1. The van der Waals surface area contributed by atoms with E-state index in [4.69, 9.17) is 10.5 Å². The fourth-order valence-electron chi connectivity index (χ4n) is 5.11. The molecular formula is C31H36BrF3N6O4. The van der Waals surface area contributed by atoms with Crippen LogP contribution < -0.4 is 16.0 Å². The zero-order valence-electron chi connectivity index (χ0n) is 25.2. The predicted octanol–water partition coefficient (Wildman–Crippen LogP) is 6.01. The number of imide groups is 1. The van der Waals surface area contributed by atoms with E-state index in [-0.39, 0.29) is 29.4 Å². The zero-order chi connectivity index (χ0) is 32.9. The average Bonchev–Trinajstić information content (AvgIpc) is 3.48. The van der Waals surface area contributed by atoms with Crippen molar-refractivity contribution >= 4 is 39.5 Å². The molecule has 4 N–H and O–H groups in total. The third kappa shape index (κ3) is 9.36. The molecule has 0 radical (unpaired) electrons. The Hall–Kier alpha value is -3.78. The minimum absolute atomic E-state index is 0.146. The highest BCUT2D eigenvalue weighted by Gasteiger charge is 2.37. The Balaban J connectivity index is 1.50. The monoisotopic (exact) mass is 692 g/mol. The number of nitrogens with two attached hydrogens (primary N) is 1. The minimum atomic E-state index is -4.68. The van der Waals surface area contributed by atoms with Crippen molar-refractivity contribution < 1.29 is 32.3 Å². The molecule has 242 valence electrons. The number of nitrogens with one attached hydrogen (secondary N) is 2. The first kappa shape index (κ1) is 34.1. The quantitative estimate of drug-likeness (QED) is 0.262. The van der Waals surface area contributed by atoms with Gasteiger partial charge in [-0.05, 0) is 101 Å². The molecule has 1 saturated carbocycles. The molecule has 1 aliphatic carbocycles. The van der Waals surface area contributed by atoms with Crippen LogP contribution in [0.25, 0.3) is 11.4 Å². The van der Waals surface area contributed by atoms with Gasteiger partial charge < -0.3 is 15.8 Å². The Morgan fingerprint density at radius 2 is 1.67 bits per heavy atom. The first-order valence-electron chi connectivity index (χ1n) is 14.6. The molecular weight excluding hydrogens is 657 g/mol. The summed E-state index contributed by atoms with van der Waals surface area (Å²) >= 11 is 3.38. The molecule has 1 aliphatic rings. The van der Waals surface area contributed by atoms with Crippen molar-refractivity contribution in [2.75, 3.05) is 11.4 Å². The minimum Gasteiger partial charge on any atom is -0.444 e. The smallest absolute Gasteiger partial charge is 0.444 e. The van der Waals surface area contributed by atoms with E-state index in [9.17, 15) is 27.6 Å². The number of carbonyl (C=O) groups is 3. The fourth-order valence-corrected chi connectivity index (χ4v) is 5.37. The summed E-state index contributed by atoms with van der Waals surface area (Å²) in [6.07, 6.45) is -2.68. The second-order valence-corrected chi connectivity index (χ2v) is 13.0. The van der Waals surface area contributed by atoms with Gasteiger partial charge >= 0.3 is 12.3 Å². The molecule has 2 aromatic carbocycles. The molecule has 0 bridgehead atoms. The van der Waals surface area contributed by atoms with E-state index in [1.165, 1.54) is 24.3 Å². The maximum Gasteiger partial charge on any atom is 0.451 e. The normalized spacial score (nSPS) is 17.8. The van der Waals surface area contributed by atoms with Gasteiger partial charge in [0, 0.05) is 22.5 Å². The molecule has 1 aromatic heterocycles. The topological polar surface area (TPSA) is 143 Å². The Labute approximate surface area is 267 Å². The van der Waals surface area contributed by atoms with Crippen molar-refractivity contribution in [1.29, 1.82) is 0 Å². The molecule has 14 heteroatoms. The maximum atomic E-state index is 13.9. The number of ether oxygens (including phenoxy) is 1. The molecule has 0 spiro atoms. The van der Waals surface area contributed by atoms with Crippen LogP contribution in [0.4, 0.5) is 23.7 Å². The highest BCUT2D eigenvalue weighted by Crippen LogP contribution is 2.33. The van der Waals surface area contributed by atoms with Gasteiger partial charge in [0.2, 0.25) is 11.7 Å². The number of aromatic nitrogens is 3. The van der Waals surface area contributed by atoms with Crippen molar-refractivity contribution in [2.45, 2.75) is 70.7 Å². The first-order chi connectivity index (χ1) is 21.1. The Bertz CT molecular complexity index is 1480. The second-order valence-electron chi connectivity index (χ2n) is 12.1. The van der Waals surface area contributed by atoms with Gasteiger partial charge in [-0.1, -0.05) is 28.1 Å². The van der Waals surface area contributed by atoms with Crippen LogP contribution in [0.1, 0.15) is 57.8 Å². The summed E-state index contributed by atoms with van der Waals surface area (Å²) < 4.78 is 45.2. The SMILES string of the molecule is CC(C)(C)OC(=O)NCC1CCC(C(=O)N(C(=O)[C@@H](N)Cc2ccc(Br)cc2)c2ccc(-c3n[nH]c(C(F)(F)F)n3)cc2)CC1. The zero-order valence-corrected chi connectivity index (χ0v) is 26.7. The van der Waals surface area contributed by atoms with Crippen LogP contribution in [0.2, 0.25) is 0 Å². The van der Waals surface area contributed by atoms with Crippen molar-refractivity contribution in [1.82, 2.24) is 20.5 Å². The van der Waals surface area contributed by atoms with E-state index in [1.54, 1.807) is 20.8 Å². The molecule has 0 aliphatic heterocycles. The van der Waals surface area contributed by atoms with Crippen LogP contribution in [0.15, 0.2) is 53.0 Å². The fraction of sp³-hybridized carbons (Fsp3) is 0.452. The maximum absolute atomic E-state index is 13.9. The summed E-state index contributed by atoms with van der Waals surface area (Å²) in [7, 11) is 0. The van der Waals surface area contributed by atoms with E-state index in [0.29, 0.717) is 32.2 Å². The summed E-state index contributed by atoms with van der Waals surface area (Å²) in [6.45, 7) is 5.76. The first-order valence-corrected chi connectivity index (χ1v) is 15.3. The number of alkyl halides is 3. The number of aromatic amines is 1.